The highest BCUT2D eigenvalue weighted by atomic mass is 16.1. The van der Waals surface area contributed by atoms with Gasteiger partial charge >= 0.3 is 0 Å². The van der Waals surface area contributed by atoms with E-state index in [2.05, 4.69) is 0 Å². The van der Waals surface area contributed by atoms with Gasteiger partial charge in [-0.3, -0.25) is 4.79 Å². The number of rotatable bonds is 1. The molecule has 1 aliphatic carbocycles. The van der Waals surface area contributed by atoms with E-state index in [1.54, 1.807) is 6.08 Å². The van der Waals surface area contributed by atoms with E-state index < -0.39 is 0 Å². The highest BCUT2D eigenvalue weighted by Gasteiger charge is 2.18. The maximum Gasteiger partial charge on any atom is 0.182 e. The van der Waals surface area contributed by atoms with Gasteiger partial charge < -0.3 is 0 Å². The van der Waals surface area contributed by atoms with Gasteiger partial charge in [0.15, 0.2) is 5.78 Å². The molecule has 1 heteroatoms. The van der Waals surface area contributed by atoms with Crippen LogP contribution in [0, 0.1) is 5.92 Å². The van der Waals surface area contributed by atoms with Crippen LogP contribution in [0.5, 0.6) is 0 Å². The summed E-state index contributed by atoms with van der Waals surface area (Å²) < 4.78 is 0. The first kappa shape index (κ1) is 8.95. The van der Waals surface area contributed by atoms with Gasteiger partial charge in [0.1, 0.15) is 0 Å². The largest absolute Gasteiger partial charge is 0.290 e. The Kier molecular flexibility index (Phi) is 2.32. The molecule has 1 nitrogen and oxygen atoms in total. The third-order valence-corrected chi connectivity index (χ3v) is 2.43. The second kappa shape index (κ2) is 3.62. The zero-order valence-electron chi connectivity index (χ0n) is 8.10. The molecule has 1 aliphatic rings. The number of ketones is 1. The molecular weight excluding hydrogens is 172 g/mol. The van der Waals surface area contributed by atoms with Crippen LogP contribution in [0.4, 0.5) is 0 Å². The number of hydrogen-bond acceptors (Lipinski definition) is 1. The van der Waals surface area contributed by atoms with Crippen molar-refractivity contribution >= 4 is 11.9 Å². The molecule has 1 atom stereocenters. The lowest BCUT2D eigenvalue weighted by atomic mass is 10.0. The molecule has 0 fully saturated rings. The van der Waals surface area contributed by atoms with Crippen LogP contribution in [0.15, 0.2) is 48.1 Å². The van der Waals surface area contributed by atoms with E-state index in [-0.39, 0.29) is 11.7 Å². The van der Waals surface area contributed by atoms with Crippen LogP contribution in [-0.4, -0.2) is 5.78 Å². The zero-order valence-corrected chi connectivity index (χ0v) is 8.10. The van der Waals surface area contributed by atoms with Crippen LogP contribution in [-0.2, 0) is 4.79 Å². The molecule has 0 spiro atoms. The van der Waals surface area contributed by atoms with E-state index in [0.29, 0.717) is 0 Å². The maximum atomic E-state index is 11.4. The Morgan fingerprint density at radius 3 is 2.50 bits per heavy atom. The first-order chi connectivity index (χ1) is 6.77. The van der Waals surface area contributed by atoms with Crippen LogP contribution in [0.1, 0.15) is 12.5 Å². The van der Waals surface area contributed by atoms with Crippen LogP contribution in [0.2, 0.25) is 0 Å². The summed E-state index contributed by atoms with van der Waals surface area (Å²) in [6.07, 6.45) is 5.56. The molecule has 0 heterocycles. The minimum absolute atomic E-state index is 0.140. The van der Waals surface area contributed by atoms with Gasteiger partial charge in [0.05, 0.1) is 0 Å². The van der Waals surface area contributed by atoms with Crippen molar-refractivity contribution in [1.82, 2.24) is 0 Å². The minimum atomic E-state index is 0.140. The molecule has 0 unspecified atom stereocenters. The standard InChI is InChI=1S/C13H12O/c1-10-7-8-13(14)12(10)9-11-5-3-2-4-6-11/h2-10H,1H3/b12-9+/t10-/m1/s1. The molecule has 1 aromatic carbocycles. The van der Waals surface area contributed by atoms with Crippen molar-refractivity contribution < 1.29 is 4.79 Å². The van der Waals surface area contributed by atoms with Gasteiger partial charge in [-0.15, -0.1) is 0 Å². The summed E-state index contributed by atoms with van der Waals surface area (Å²) >= 11 is 0. The van der Waals surface area contributed by atoms with Gasteiger partial charge in [0.25, 0.3) is 0 Å². The van der Waals surface area contributed by atoms with Gasteiger partial charge in [0.2, 0.25) is 0 Å². The average molecular weight is 184 g/mol. The Morgan fingerprint density at radius 2 is 1.93 bits per heavy atom. The van der Waals surface area contributed by atoms with Crippen molar-refractivity contribution in [3.8, 4) is 0 Å². The molecule has 0 saturated heterocycles. The highest BCUT2D eigenvalue weighted by molar-refractivity contribution is 6.10. The summed E-state index contributed by atoms with van der Waals surface area (Å²) in [5.41, 5.74) is 1.97. The fourth-order valence-corrected chi connectivity index (χ4v) is 1.59. The number of allylic oxidation sites excluding steroid dienone is 3. The summed E-state index contributed by atoms with van der Waals surface area (Å²) in [6.45, 7) is 2.04. The van der Waals surface area contributed by atoms with Crippen molar-refractivity contribution in [2.75, 3.05) is 0 Å². The molecule has 0 bridgehead atoms. The van der Waals surface area contributed by atoms with Crippen molar-refractivity contribution in [3.05, 3.63) is 53.6 Å². The third-order valence-electron chi connectivity index (χ3n) is 2.43. The average Bonchev–Trinajstić information content (AvgIpc) is 2.51. The third kappa shape index (κ3) is 1.67. The highest BCUT2D eigenvalue weighted by Crippen LogP contribution is 2.23. The van der Waals surface area contributed by atoms with E-state index in [9.17, 15) is 4.79 Å². The number of carbonyl (C=O) groups is 1. The fourth-order valence-electron chi connectivity index (χ4n) is 1.59. The monoisotopic (exact) mass is 184 g/mol. The number of hydrogen-bond donors (Lipinski definition) is 0. The Morgan fingerprint density at radius 1 is 1.21 bits per heavy atom. The predicted octanol–water partition coefficient (Wildman–Crippen LogP) is 2.85. The summed E-state index contributed by atoms with van der Waals surface area (Å²) in [5, 5.41) is 0. The van der Waals surface area contributed by atoms with Crippen molar-refractivity contribution in [2.24, 2.45) is 5.92 Å². The molecule has 2 rings (SSSR count). The van der Waals surface area contributed by atoms with Gasteiger partial charge in [-0.2, -0.15) is 0 Å². The van der Waals surface area contributed by atoms with Crippen molar-refractivity contribution in [2.45, 2.75) is 6.92 Å². The van der Waals surface area contributed by atoms with Crippen LogP contribution < -0.4 is 0 Å². The van der Waals surface area contributed by atoms with Gasteiger partial charge in [0, 0.05) is 11.5 Å². The first-order valence-corrected chi connectivity index (χ1v) is 4.76. The number of carbonyl (C=O) groups excluding carboxylic acids is 1. The molecule has 0 amide bonds. The molecule has 0 aliphatic heterocycles. The topological polar surface area (TPSA) is 17.1 Å². The molecule has 70 valence electrons. The van der Waals surface area contributed by atoms with Crippen LogP contribution >= 0.6 is 0 Å². The van der Waals surface area contributed by atoms with Gasteiger partial charge in [-0.05, 0) is 17.7 Å². The smallest absolute Gasteiger partial charge is 0.182 e. The van der Waals surface area contributed by atoms with Gasteiger partial charge in [-0.1, -0.05) is 43.3 Å². The summed E-state index contributed by atoms with van der Waals surface area (Å²) in [4.78, 5) is 11.4. The summed E-state index contributed by atoms with van der Waals surface area (Å²) in [5.74, 6) is 0.393. The quantitative estimate of drug-likeness (QED) is 0.613. The normalized spacial score (nSPS) is 23.4. The lowest BCUT2D eigenvalue weighted by molar-refractivity contribution is -0.111. The van der Waals surface area contributed by atoms with E-state index in [1.807, 2.05) is 49.4 Å². The molecule has 1 aromatic rings. The second-order valence-corrected chi connectivity index (χ2v) is 3.52. The van der Waals surface area contributed by atoms with E-state index in [4.69, 9.17) is 0 Å². The molecule has 0 saturated carbocycles. The first-order valence-electron chi connectivity index (χ1n) is 4.76. The minimum Gasteiger partial charge on any atom is -0.290 e. The Balaban J connectivity index is 2.32. The maximum absolute atomic E-state index is 11.4. The molecular formula is C13H12O. The van der Waals surface area contributed by atoms with Crippen LogP contribution in [0.25, 0.3) is 6.08 Å². The van der Waals surface area contributed by atoms with E-state index in [0.717, 1.165) is 11.1 Å². The molecule has 14 heavy (non-hydrogen) atoms. The lowest BCUT2D eigenvalue weighted by Crippen LogP contribution is -1.98. The van der Waals surface area contributed by atoms with Crippen molar-refractivity contribution in [1.29, 1.82) is 0 Å². The SMILES string of the molecule is C[C@@H]1C=CC(=O)/C1=C/c1ccccc1. The van der Waals surface area contributed by atoms with Crippen molar-refractivity contribution in [3.63, 3.8) is 0 Å². The summed E-state index contributed by atoms with van der Waals surface area (Å²) in [6, 6.07) is 9.94. The van der Waals surface area contributed by atoms with E-state index in [1.165, 1.54) is 0 Å². The Hall–Kier alpha value is -1.63. The van der Waals surface area contributed by atoms with Gasteiger partial charge in [-0.25, -0.2) is 0 Å². The predicted molar refractivity (Wildman–Crippen MR) is 57.7 cm³/mol. The fraction of sp³-hybridized carbons (Fsp3) is 0.154. The Bertz CT molecular complexity index is 399. The Labute approximate surface area is 83.8 Å². The molecule has 0 aromatic heterocycles. The summed E-state index contributed by atoms with van der Waals surface area (Å²) in [7, 11) is 0. The lowest BCUT2D eigenvalue weighted by Gasteiger charge is -2.02. The zero-order chi connectivity index (χ0) is 9.97. The molecule has 0 radical (unpaired) electrons. The van der Waals surface area contributed by atoms with E-state index >= 15 is 0 Å². The number of benzene rings is 1. The van der Waals surface area contributed by atoms with Crippen LogP contribution in [0.3, 0.4) is 0 Å². The molecule has 0 N–H and O–H groups in total. The second-order valence-electron chi connectivity index (χ2n) is 3.52.